The molecular formula is C26H30N4O4. The Hall–Kier alpha value is -3.23. The highest BCUT2D eigenvalue weighted by atomic mass is 16.5. The predicted molar refractivity (Wildman–Crippen MR) is 130 cm³/mol. The third-order valence-electron chi connectivity index (χ3n) is 6.61. The number of nitrogens with zero attached hydrogens (tertiary/aromatic N) is 3. The van der Waals surface area contributed by atoms with Gasteiger partial charge in [-0.05, 0) is 68.5 Å². The van der Waals surface area contributed by atoms with E-state index in [0.29, 0.717) is 34.5 Å². The van der Waals surface area contributed by atoms with Crippen LogP contribution in [0.5, 0.6) is 5.75 Å². The molecule has 8 heteroatoms. The Morgan fingerprint density at radius 3 is 2.71 bits per heavy atom. The minimum absolute atomic E-state index is 0.121. The molecule has 3 aromatic rings. The maximum Gasteiger partial charge on any atom is 0.265 e. The first-order chi connectivity index (χ1) is 16.5. The minimum Gasteiger partial charge on any atom is -0.492 e. The number of piperidine rings is 1. The highest BCUT2D eigenvalue weighted by Crippen LogP contribution is 2.22. The van der Waals surface area contributed by atoms with Gasteiger partial charge < -0.3 is 15.2 Å². The van der Waals surface area contributed by atoms with Crippen molar-refractivity contribution in [3.8, 4) is 11.4 Å². The number of fused-ring (bicyclic) bond motifs is 1. The standard InChI is InChI=1S/C26H30N4O4/c1-17-2-3-18(25(32)28-19-4-5-19)14-24(17)30-16-27-23-7-6-21(15-22(23)26(30)33)34-13-12-29-10-8-20(31)9-11-29/h2-3,6-7,14-16,19-20,31H,4-5,8-13H2,1H3,(H,28,32). The Morgan fingerprint density at radius 2 is 1.94 bits per heavy atom. The first-order valence-electron chi connectivity index (χ1n) is 11.9. The number of aryl methyl sites for hydroxylation is 1. The van der Waals surface area contributed by atoms with Crippen molar-refractivity contribution >= 4 is 16.8 Å². The van der Waals surface area contributed by atoms with Gasteiger partial charge in [0.25, 0.3) is 11.5 Å². The summed E-state index contributed by atoms with van der Waals surface area (Å²) >= 11 is 0. The molecule has 0 bridgehead atoms. The largest absolute Gasteiger partial charge is 0.492 e. The Labute approximate surface area is 198 Å². The highest BCUT2D eigenvalue weighted by molar-refractivity contribution is 5.95. The van der Waals surface area contributed by atoms with Crippen molar-refractivity contribution in [3.63, 3.8) is 0 Å². The average molecular weight is 463 g/mol. The van der Waals surface area contributed by atoms with Gasteiger partial charge >= 0.3 is 0 Å². The fraction of sp³-hybridized carbons (Fsp3) is 0.423. The number of nitrogens with one attached hydrogen (secondary N) is 1. The van der Waals surface area contributed by atoms with E-state index in [0.717, 1.165) is 50.9 Å². The lowest BCUT2D eigenvalue weighted by Crippen LogP contribution is -2.38. The van der Waals surface area contributed by atoms with Crippen molar-refractivity contribution in [2.24, 2.45) is 0 Å². The fourth-order valence-corrected chi connectivity index (χ4v) is 4.30. The summed E-state index contributed by atoms with van der Waals surface area (Å²) in [5, 5.41) is 13.1. The van der Waals surface area contributed by atoms with E-state index in [1.807, 2.05) is 19.1 Å². The van der Waals surface area contributed by atoms with Gasteiger partial charge in [-0.25, -0.2) is 4.98 Å². The highest BCUT2D eigenvalue weighted by Gasteiger charge is 2.24. The van der Waals surface area contributed by atoms with E-state index in [1.165, 1.54) is 10.9 Å². The maximum atomic E-state index is 13.4. The molecule has 1 amide bonds. The predicted octanol–water partition coefficient (Wildman–Crippen LogP) is 2.42. The molecule has 1 saturated carbocycles. The summed E-state index contributed by atoms with van der Waals surface area (Å²) in [7, 11) is 0. The van der Waals surface area contributed by atoms with Gasteiger partial charge in [-0.1, -0.05) is 6.07 Å². The number of hydrogen-bond donors (Lipinski definition) is 2. The molecule has 2 fully saturated rings. The number of likely N-dealkylation sites (tertiary alicyclic amines) is 1. The molecule has 2 aliphatic rings. The number of amides is 1. The summed E-state index contributed by atoms with van der Waals surface area (Å²) in [4.78, 5) is 32.6. The number of hydrogen-bond acceptors (Lipinski definition) is 6. The van der Waals surface area contributed by atoms with Gasteiger partial charge in [0, 0.05) is 31.2 Å². The second-order valence-corrected chi connectivity index (χ2v) is 9.27. The van der Waals surface area contributed by atoms with E-state index in [1.54, 1.807) is 24.3 Å². The zero-order valence-electron chi connectivity index (χ0n) is 19.4. The molecule has 0 spiro atoms. The molecular weight excluding hydrogens is 432 g/mol. The number of aromatic nitrogens is 2. The monoisotopic (exact) mass is 462 g/mol. The summed E-state index contributed by atoms with van der Waals surface area (Å²) < 4.78 is 7.42. The second kappa shape index (κ2) is 9.56. The number of ether oxygens (including phenoxy) is 1. The van der Waals surface area contributed by atoms with E-state index < -0.39 is 0 Å². The number of benzene rings is 2. The molecule has 1 aromatic heterocycles. The Bertz CT molecular complexity index is 1260. The molecule has 8 nitrogen and oxygen atoms in total. The molecule has 0 unspecified atom stereocenters. The SMILES string of the molecule is Cc1ccc(C(=O)NC2CC2)cc1-n1cnc2ccc(OCCN3CCC(O)CC3)cc2c1=O. The molecule has 2 N–H and O–H groups in total. The Morgan fingerprint density at radius 1 is 1.15 bits per heavy atom. The lowest BCUT2D eigenvalue weighted by molar-refractivity contribution is 0.0755. The van der Waals surface area contributed by atoms with Crippen molar-refractivity contribution in [3.05, 3.63) is 64.2 Å². The molecule has 1 aliphatic carbocycles. The molecule has 5 rings (SSSR count). The summed E-state index contributed by atoms with van der Waals surface area (Å²) in [6, 6.07) is 11.0. The molecule has 0 radical (unpaired) electrons. The number of carbonyl (C=O) groups is 1. The minimum atomic E-state index is -0.205. The van der Waals surface area contributed by atoms with Gasteiger partial charge in [0.05, 0.1) is 22.7 Å². The van der Waals surface area contributed by atoms with Crippen molar-refractivity contribution in [2.75, 3.05) is 26.2 Å². The lowest BCUT2D eigenvalue weighted by atomic mass is 10.1. The van der Waals surface area contributed by atoms with E-state index in [4.69, 9.17) is 4.74 Å². The van der Waals surface area contributed by atoms with Gasteiger partial charge in [0.15, 0.2) is 0 Å². The molecule has 1 aliphatic heterocycles. The normalized spacial score (nSPS) is 17.1. The van der Waals surface area contributed by atoms with Crippen LogP contribution in [0, 0.1) is 6.92 Å². The number of aliphatic hydroxyl groups excluding tert-OH is 1. The first kappa shape index (κ1) is 22.6. The molecule has 2 aromatic carbocycles. The van der Waals surface area contributed by atoms with Gasteiger partial charge in [0.2, 0.25) is 0 Å². The molecule has 178 valence electrons. The van der Waals surface area contributed by atoms with Crippen LogP contribution in [-0.2, 0) is 0 Å². The van der Waals surface area contributed by atoms with E-state index in [9.17, 15) is 14.7 Å². The van der Waals surface area contributed by atoms with Crippen LogP contribution in [-0.4, -0.2) is 63.9 Å². The Kier molecular flexibility index (Phi) is 6.34. The van der Waals surface area contributed by atoms with E-state index >= 15 is 0 Å². The first-order valence-corrected chi connectivity index (χ1v) is 11.9. The van der Waals surface area contributed by atoms with Crippen LogP contribution in [0.15, 0.2) is 47.5 Å². The van der Waals surface area contributed by atoms with Crippen LogP contribution in [0.1, 0.15) is 41.6 Å². The van der Waals surface area contributed by atoms with Crippen LogP contribution in [0.4, 0.5) is 0 Å². The third kappa shape index (κ3) is 4.98. The van der Waals surface area contributed by atoms with Gasteiger partial charge in [0.1, 0.15) is 18.7 Å². The third-order valence-corrected chi connectivity index (χ3v) is 6.61. The van der Waals surface area contributed by atoms with E-state index in [-0.39, 0.29) is 23.6 Å². The number of rotatable bonds is 7. The molecule has 1 saturated heterocycles. The van der Waals surface area contributed by atoms with Crippen LogP contribution < -0.4 is 15.6 Å². The summed E-state index contributed by atoms with van der Waals surface area (Å²) in [6.45, 7) is 4.93. The number of aliphatic hydroxyl groups is 1. The van der Waals surface area contributed by atoms with Crippen LogP contribution in [0.25, 0.3) is 16.6 Å². The summed E-state index contributed by atoms with van der Waals surface area (Å²) in [5.41, 5.74) is 2.44. The van der Waals surface area contributed by atoms with Crippen LogP contribution in [0.2, 0.25) is 0 Å². The average Bonchev–Trinajstić information content (AvgIpc) is 3.65. The Balaban J connectivity index is 1.36. The zero-order valence-corrected chi connectivity index (χ0v) is 19.4. The zero-order chi connectivity index (χ0) is 23.7. The summed E-state index contributed by atoms with van der Waals surface area (Å²) in [6.07, 6.45) is 4.95. The quantitative estimate of drug-likeness (QED) is 0.560. The maximum absolute atomic E-state index is 13.4. The molecule has 2 heterocycles. The van der Waals surface area contributed by atoms with Crippen LogP contribution >= 0.6 is 0 Å². The fourth-order valence-electron chi connectivity index (χ4n) is 4.30. The lowest BCUT2D eigenvalue weighted by Gasteiger charge is -2.29. The van der Waals surface area contributed by atoms with Crippen molar-refractivity contribution in [1.82, 2.24) is 19.8 Å². The van der Waals surface area contributed by atoms with Crippen molar-refractivity contribution < 1.29 is 14.6 Å². The van der Waals surface area contributed by atoms with E-state index in [2.05, 4.69) is 15.2 Å². The molecule has 34 heavy (non-hydrogen) atoms. The molecule has 0 atom stereocenters. The smallest absolute Gasteiger partial charge is 0.265 e. The van der Waals surface area contributed by atoms with Gasteiger partial charge in [-0.3, -0.25) is 19.1 Å². The van der Waals surface area contributed by atoms with Gasteiger partial charge in [-0.15, -0.1) is 0 Å². The van der Waals surface area contributed by atoms with Crippen LogP contribution in [0.3, 0.4) is 0 Å². The topological polar surface area (TPSA) is 96.7 Å². The number of carbonyl (C=O) groups excluding carboxylic acids is 1. The second-order valence-electron chi connectivity index (χ2n) is 9.27. The van der Waals surface area contributed by atoms with Crippen molar-refractivity contribution in [2.45, 2.75) is 44.8 Å². The van der Waals surface area contributed by atoms with Gasteiger partial charge in [-0.2, -0.15) is 0 Å². The summed E-state index contributed by atoms with van der Waals surface area (Å²) in [5.74, 6) is 0.500. The van der Waals surface area contributed by atoms with Crippen molar-refractivity contribution in [1.29, 1.82) is 0 Å².